The SMILES string of the molecule is COc1cccn2nc([C@H]3c4nc[nH]c4CCN3c3cnc(C(=O)NC4CC4)cn3)cc12. The van der Waals surface area contributed by atoms with Gasteiger partial charge in [-0.25, -0.2) is 19.5 Å². The lowest BCUT2D eigenvalue weighted by atomic mass is 10.00. The van der Waals surface area contributed by atoms with E-state index >= 15 is 0 Å². The first kappa shape index (κ1) is 18.8. The lowest BCUT2D eigenvalue weighted by Crippen LogP contribution is -2.37. The molecule has 4 aromatic heterocycles. The highest BCUT2D eigenvalue weighted by molar-refractivity contribution is 5.92. The van der Waals surface area contributed by atoms with Crippen LogP contribution in [0, 0.1) is 0 Å². The quantitative estimate of drug-likeness (QED) is 0.497. The van der Waals surface area contributed by atoms with E-state index in [-0.39, 0.29) is 18.0 Å². The number of anilines is 1. The molecule has 4 aromatic rings. The second kappa shape index (κ2) is 7.33. The number of nitrogens with zero attached hydrogens (tertiary/aromatic N) is 6. The summed E-state index contributed by atoms with van der Waals surface area (Å²) in [6.07, 6.45) is 9.67. The Kier molecular flexibility index (Phi) is 4.30. The maximum Gasteiger partial charge on any atom is 0.271 e. The number of imidazole rings is 1. The van der Waals surface area contributed by atoms with Crippen LogP contribution in [0.2, 0.25) is 0 Å². The molecule has 1 saturated carbocycles. The van der Waals surface area contributed by atoms with E-state index < -0.39 is 0 Å². The van der Waals surface area contributed by atoms with E-state index in [1.807, 2.05) is 28.9 Å². The maximum atomic E-state index is 12.3. The van der Waals surface area contributed by atoms with Crippen LogP contribution in [-0.2, 0) is 6.42 Å². The molecule has 32 heavy (non-hydrogen) atoms. The third-order valence-corrected chi connectivity index (χ3v) is 5.98. The monoisotopic (exact) mass is 430 g/mol. The Bertz CT molecular complexity index is 1290. The van der Waals surface area contributed by atoms with E-state index in [0.717, 1.165) is 47.6 Å². The van der Waals surface area contributed by atoms with E-state index in [1.165, 1.54) is 6.20 Å². The highest BCUT2D eigenvalue weighted by Crippen LogP contribution is 2.36. The van der Waals surface area contributed by atoms with Gasteiger partial charge in [-0.05, 0) is 31.0 Å². The van der Waals surface area contributed by atoms with Crippen LogP contribution in [0.5, 0.6) is 5.75 Å². The summed E-state index contributed by atoms with van der Waals surface area (Å²) in [6, 6.07) is 5.87. The zero-order valence-corrected chi connectivity index (χ0v) is 17.5. The number of aromatic nitrogens is 6. The highest BCUT2D eigenvalue weighted by Gasteiger charge is 2.34. The van der Waals surface area contributed by atoms with Crippen LogP contribution in [-0.4, -0.2) is 55.2 Å². The largest absolute Gasteiger partial charge is 0.494 e. The van der Waals surface area contributed by atoms with Gasteiger partial charge in [-0.3, -0.25) is 4.79 Å². The second-order valence-corrected chi connectivity index (χ2v) is 8.10. The molecule has 10 heteroatoms. The normalized spacial score (nSPS) is 17.9. The smallest absolute Gasteiger partial charge is 0.271 e. The first-order chi connectivity index (χ1) is 15.7. The van der Waals surface area contributed by atoms with Crippen LogP contribution in [0.3, 0.4) is 0 Å². The Balaban J connectivity index is 1.38. The van der Waals surface area contributed by atoms with Crippen molar-refractivity contribution in [3.63, 3.8) is 0 Å². The second-order valence-electron chi connectivity index (χ2n) is 8.10. The van der Waals surface area contributed by atoms with Gasteiger partial charge in [-0.1, -0.05) is 0 Å². The standard InChI is InChI=1S/C22H22N8O2/c1-32-18-3-2-7-30-17(18)9-15(28-30)21-20-14(25-12-26-20)6-8-29(21)19-11-23-16(10-24-19)22(31)27-13-4-5-13/h2-3,7,9-13,21H,4-6,8H2,1H3,(H,25,26)(H,27,31)/t21-/m0/s1. The van der Waals surface area contributed by atoms with Gasteiger partial charge in [0.15, 0.2) is 0 Å². The van der Waals surface area contributed by atoms with Gasteiger partial charge in [0.25, 0.3) is 5.91 Å². The fourth-order valence-corrected chi connectivity index (χ4v) is 4.21. The number of hydrogen-bond acceptors (Lipinski definition) is 7. The van der Waals surface area contributed by atoms with Crippen molar-refractivity contribution in [3.8, 4) is 5.75 Å². The molecule has 1 atom stereocenters. The van der Waals surface area contributed by atoms with Gasteiger partial charge < -0.3 is 19.9 Å². The van der Waals surface area contributed by atoms with Crippen LogP contribution < -0.4 is 15.0 Å². The molecule has 1 aliphatic heterocycles. The van der Waals surface area contributed by atoms with Crippen molar-refractivity contribution >= 4 is 17.2 Å². The number of carbonyl (C=O) groups excluding carboxylic acids is 1. The Morgan fingerprint density at radius 1 is 1.25 bits per heavy atom. The van der Waals surface area contributed by atoms with Crippen molar-refractivity contribution in [2.45, 2.75) is 31.3 Å². The molecule has 0 bridgehead atoms. The first-order valence-corrected chi connectivity index (χ1v) is 10.7. The molecule has 1 fully saturated rings. The number of methoxy groups -OCH3 is 1. The molecule has 6 rings (SSSR count). The molecule has 0 saturated heterocycles. The topological polar surface area (TPSA) is 113 Å². The number of fused-ring (bicyclic) bond motifs is 2. The molecule has 162 valence electrons. The van der Waals surface area contributed by atoms with Gasteiger partial charge in [0, 0.05) is 30.9 Å². The van der Waals surface area contributed by atoms with Crippen molar-refractivity contribution in [3.05, 3.63) is 65.9 Å². The minimum atomic E-state index is -0.241. The maximum absolute atomic E-state index is 12.3. The van der Waals surface area contributed by atoms with Gasteiger partial charge in [0.2, 0.25) is 0 Å². The van der Waals surface area contributed by atoms with Crippen molar-refractivity contribution < 1.29 is 9.53 Å². The predicted octanol–water partition coefficient (Wildman–Crippen LogP) is 1.90. The van der Waals surface area contributed by atoms with Crippen molar-refractivity contribution in [2.24, 2.45) is 0 Å². The molecule has 0 unspecified atom stereocenters. The Hall–Kier alpha value is -3.95. The Labute approximate surface area is 183 Å². The molecule has 1 amide bonds. The van der Waals surface area contributed by atoms with Crippen molar-refractivity contribution in [1.29, 1.82) is 0 Å². The van der Waals surface area contributed by atoms with Crippen molar-refractivity contribution in [1.82, 2.24) is 34.9 Å². The van der Waals surface area contributed by atoms with Gasteiger partial charge >= 0.3 is 0 Å². The zero-order chi connectivity index (χ0) is 21.7. The summed E-state index contributed by atoms with van der Waals surface area (Å²) in [5.41, 5.74) is 4.04. The average molecular weight is 430 g/mol. The average Bonchev–Trinajstić information content (AvgIpc) is 3.33. The van der Waals surface area contributed by atoms with E-state index in [0.29, 0.717) is 18.1 Å². The number of H-pyrrole nitrogens is 1. The zero-order valence-electron chi connectivity index (χ0n) is 17.5. The van der Waals surface area contributed by atoms with Crippen LogP contribution in [0.15, 0.2) is 43.1 Å². The molecule has 2 N–H and O–H groups in total. The van der Waals surface area contributed by atoms with Crippen LogP contribution in [0.1, 0.15) is 46.5 Å². The lowest BCUT2D eigenvalue weighted by Gasteiger charge is -2.34. The third-order valence-electron chi connectivity index (χ3n) is 5.98. The number of aromatic amines is 1. The summed E-state index contributed by atoms with van der Waals surface area (Å²) < 4.78 is 7.31. The number of amides is 1. The van der Waals surface area contributed by atoms with E-state index in [1.54, 1.807) is 19.6 Å². The van der Waals surface area contributed by atoms with Crippen LogP contribution >= 0.6 is 0 Å². The molecular weight excluding hydrogens is 408 g/mol. The summed E-state index contributed by atoms with van der Waals surface area (Å²) >= 11 is 0. The van der Waals surface area contributed by atoms with Crippen LogP contribution in [0.25, 0.3) is 5.52 Å². The van der Waals surface area contributed by atoms with E-state index in [9.17, 15) is 4.79 Å². The van der Waals surface area contributed by atoms with Gasteiger partial charge in [0.1, 0.15) is 28.8 Å². The Morgan fingerprint density at radius 3 is 2.94 bits per heavy atom. The number of rotatable bonds is 5. The molecule has 10 nitrogen and oxygen atoms in total. The minimum Gasteiger partial charge on any atom is -0.494 e. The molecular formula is C22H22N8O2. The van der Waals surface area contributed by atoms with E-state index in [2.05, 4.69) is 30.2 Å². The summed E-state index contributed by atoms with van der Waals surface area (Å²) in [5.74, 6) is 1.25. The number of ether oxygens (including phenoxy) is 1. The molecule has 0 spiro atoms. The van der Waals surface area contributed by atoms with Gasteiger partial charge in [-0.15, -0.1) is 0 Å². The molecule has 2 aliphatic rings. The van der Waals surface area contributed by atoms with E-state index in [4.69, 9.17) is 9.84 Å². The van der Waals surface area contributed by atoms with Gasteiger partial charge in [0.05, 0.1) is 37.2 Å². The Morgan fingerprint density at radius 2 is 2.16 bits per heavy atom. The summed E-state index contributed by atoms with van der Waals surface area (Å²) in [5, 5.41) is 7.76. The molecule has 0 radical (unpaired) electrons. The van der Waals surface area contributed by atoms with Gasteiger partial charge in [-0.2, -0.15) is 5.10 Å². The predicted molar refractivity (Wildman–Crippen MR) is 116 cm³/mol. The summed E-state index contributed by atoms with van der Waals surface area (Å²) in [7, 11) is 1.65. The lowest BCUT2D eigenvalue weighted by molar-refractivity contribution is 0.0945. The number of pyridine rings is 1. The van der Waals surface area contributed by atoms with Crippen LogP contribution in [0.4, 0.5) is 5.82 Å². The summed E-state index contributed by atoms with van der Waals surface area (Å²) in [6.45, 7) is 0.715. The first-order valence-electron chi connectivity index (χ1n) is 10.7. The fourth-order valence-electron chi connectivity index (χ4n) is 4.21. The highest BCUT2D eigenvalue weighted by atomic mass is 16.5. The molecule has 1 aliphatic carbocycles. The molecule has 5 heterocycles. The third kappa shape index (κ3) is 3.15. The minimum absolute atomic E-state index is 0.177. The number of hydrogen-bond donors (Lipinski definition) is 2. The number of nitrogens with one attached hydrogen (secondary N) is 2. The fraction of sp³-hybridized carbons (Fsp3) is 0.318. The molecule has 0 aromatic carbocycles. The number of carbonyl (C=O) groups is 1. The summed E-state index contributed by atoms with van der Waals surface area (Å²) in [4.78, 5) is 31.2. The van der Waals surface area contributed by atoms with Crippen molar-refractivity contribution in [2.75, 3.05) is 18.6 Å².